The van der Waals surface area contributed by atoms with Gasteiger partial charge in [-0.15, -0.1) is 12.4 Å². The number of rotatable bonds is 5. The number of nitrogens with two attached hydrogens (primary N) is 1. The molecule has 3 aromatic rings. The topological polar surface area (TPSA) is 101 Å². The van der Waals surface area contributed by atoms with Gasteiger partial charge >= 0.3 is 6.18 Å². The van der Waals surface area contributed by atoms with Crippen LogP contribution in [-0.2, 0) is 12.8 Å². The lowest BCUT2D eigenvalue weighted by Gasteiger charge is -2.21. The average Bonchev–Trinajstić information content (AvgIpc) is 3.42. The number of aryl methyl sites for hydroxylation is 1. The molecule has 7 nitrogen and oxygen atoms in total. The van der Waals surface area contributed by atoms with Gasteiger partial charge in [-0.1, -0.05) is 17.3 Å². The molecular weight excluding hydrogens is 459 g/mol. The predicted octanol–water partition coefficient (Wildman–Crippen LogP) is 5.09. The summed E-state index contributed by atoms with van der Waals surface area (Å²) in [6.45, 7) is 2.69. The fourth-order valence-corrected chi connectivity index (χ4v) is 3.70. The lowest BCUT2D eigenvalue weighted by Crippen LogP contribution is -2.35. The van der Waals surface area contributed by atoms with Crippen LogP contribution in [0.1, 0.15) is 41.5 Å². The first kappa shape index (κ1) is 24.4. The van der Waals surface area contributed by atoms with Gasteiger partial charge in [-0.05, 0) is 61.2 Å². The molecule has 0 saturated carbocycles. The quantitative estimate of drug-likeness (QED) is 0.388. The van der Waals surface area contributed by atoms with Gasteiger partial charge in [0.15, 0.2) is 5.96 Å². The zero-order valence-electron chi connectivity index (χ0n) is 17.7. The monoisotopic (exact) mass is 481 g/mol. The highest BCUT2D eigenvalue weighted by atomic mass is 35.5. The van der Waals surface area contributed by atoms with E-state index in [0.29, 0.717) is 29.6 Å². The second kappa shape index (κ2) is 9.70. The molecule has 0 radical (unpaired) electrons. The first-order valence-electron chi connectivity index (χ1n) is 10.1. The largest absolute Gasteiger partial charge is 0.489 e. The van der Waals surface area contributed by atoms with Crippen LogP contribution in [0.3, 0.4) is 0 Å². The summed E-state index contributed by atoms with van der Waals surface area (Å²) in [5.74, 6) is 1.44. The minimum Gasteiger partial charge on any atom is -0.489 e. The van der Waals surface area contributed by atoms with Crippen molar-refractivity contribution in [3.8, 4) is 17.1 Å². The molecular formula is C22H23ClF3N5O2. The molecule has 0 spiro atoms. The second-order valence-electron chi connectivity index (χ2n) is 7.66. The van der Waals surface area contributed by atoms with Crippen molar-refractivity contribution >= 4 is 18.4 Å². The molecule has 33 heavy (non-hydrogen) atoms. The number of halogens is 4. The summed E-state index contributed by atoms with van der Waals surface area (Å²) in [5.41, 5.74) is 7.15. The van der Waals surface area contributed by atoms with Gasteiger partial charge in [-0.25, -0.2) is 0 Å². The maximum Gasteiger partial charge on any atom is 0.416 e. The fourth-order valence-electron chi connectivity index (χ4n) is 3.70. The number of aromatic nitrogens is 2. The molecule has 1 aliphatic heterocycles. The summed E-state index contributed by atoms with van der Waals surface area (Å²) in [4.78, 5) is 6.22. The van der Waals surface area contributed by atoms with Crippen molar-refractivity contribution in [2.45, 2.75) is 38.6 Å². The lowest BCUT2D eigenvalue weighted by atomic mass is 10.1. The number of alkyl halides is 3. The number of likely N-dealkylation sites (tertiary alicyclic amines) is 1. The Morgan fingerprint density at radius 1 is 1.24 bits per heavy atom. The van der Waals surface area contributed by atoms with E-state index in [1.165, 1.54) is 12.1 Å². The highest BCUT2D eigenvalue weighted by Gasteiger charge is 2.32. The van der Waals surface area contributed by atoms with E-state index in [2.05, 4.69) is 10.1 Å². The van der Waals surface area contributed by atoms with E-state index in [4.69, 9.17) is 20.4 Å². The van der Waals surface area contributed by atoms with Crippen LogP contribution in [0.15, 0.2) is 47.0 Å². The Bertz CT molecular complexity index is 1120. The maximum absolute atomic E-state index is 12.7. The van der Waals surface area contributed by atoms with E-state index in [0.717, 1.165) is 36.1 Å². The molecule has 2 aromatic carbocycles. The zero-order valence-corrected chi connectivity index (χ0v) is 18.5. The number of ether oxygens (including phenoxy) is 1. The Hall–Kier alpha value is -3.27. The molecule has 0 bridgehead atoms. The van der Waals surface area contributed by atoms with E-state index in [1.807, 2.05) is 13.0 Å². The molecule has 11 heteroatoms. The Morgan fingerprint density at radius 2 is 1.97 bits per heavy atom. The smallest absolute Gasteiger partial charge is 0.416 e. The second-order valence-corrected chi connectivity index (χ2v) is 7.66. The van der Waals surface area contributed by atoms with Gasteiger partial charge in [0.1, 0.15) is 18.4 Å². The third-order valence-electron chi connectivity index (χ3n) is 5.40. The van der Waals surface area contributed by atoms with Crippen molar-refractivity contribution < 1.29 is 22.4 Å². The van der Waals surface area contributed by atoms with Crippen LogP contribution in [-0.4, -0.2) is 27.5 Å². The Kier molecular flexibility index (Phi) is 7.16. The normalized spacial score (nSPS) is 15.9. The first-order valence-corrected chi connectivity index (χ1v) is 10.1. The molecule has 1 aromatic heterocycles. The van der Waals surface area contributed by atoms with Crippen molar-refractivity contribution in [1.82, 2.24) is 15.0 Å². The molecule has 0 aliphatic carbocycles. The van der Waals surface area contributed by atoms with Crippen LogP contribution in [0, 0.1) is 12.3 Å². The summed E-state index contributed by atoms with van der Waals surface area (Å²) in [5, 5.41) is 11.7. The first-order chi connectivity index (χ1) is 15.2. The Morgan fingerprint density at radius 3 is 2.61 bits per heavy atom. The van der Waals surface area contributed by atoms with Gasteiger partial charge < -0.3 is 19.9 Å². The number of hydrogen-bond acceptors (Lipinski definition) is 5. The minimum atomic E-state index is -4.36. The van der Waals surface area contributed by atoms with Crippen molar-refractivity contribution in [1.29, 1.82) is 5.41 Å². The Labute approximate surface area is 194 Å². The van der Waals surface area contributed by atoms with E-state index >= 15 is 0 Å². The molecule has 0 unspecified atom stereocenters. The van der Waals surface area contributed by atoms with E-state index in [9.17, 15) is 13.2 Å². The lowest BCUT2D eigenvalue weighted by molar-refractivity contribution is -0.137. The molecule has 0 amide bonds. The van der Waals surface area contributed by atoms with Gasteiger partial charge in [0.25, 0.3) is 0 Å². The molecule has 2 heterocycles. The van der Waals surface area contributed by atoms with Gasteiger partial charge in [-0.3, -0.25) is 5.41 Å². The van der Waals surface area contributed by atoms with Crippen molar-refractivity contribution in [2.24, 2.45) is 5.73 Å². The number of nitrogens with one attached hydrogen (secondary N) is 1. The summed E-state index contributed by atoms with van der Waals surface area (Å²) < 4.78 is 49.2. The van der Waals surface area contributed by atoms with Gasteiger partial charge in [0.05, 0.1) is 5.56 Å². The van der Waals surface area contributed by atoms with E-state index < -0.39 is 11.7 Å². The summed E-state index contributed by atoms with van der Waals surface area (Å²) in [6, 6.07) is 10.1. The molecule has 176 valence electrons. The van der Waals surface area contributed by atoms with Crippen molar-refractivity contribution in [3.63, 3.8) is 0 Å². The number of benzene rings is 2. The molecule has 3 N–H and O–H groups in total. The third kappa shape index (κ3) is 5.39. The van der Waals surface area contributed by atoms with Crippen LogP contribution in [0.25, 0.3) is 11.4 Å². The van der Waals surface area contributed by atoms with Gasteiger partial charge in [0.2, 0.25) is 11.7 Å². The molecule has 1 aliphatic rings. The van der Waals surface area contributed by atoms with Crippen LogP contribution >= 0.6 is 12.4 Å². The Balaban J connectivity index is 0.00000306. The maximum atomic E-state index is 12.7. The predicted molar refractivity (Wildman–Crippen MR) is 118 cm³/mol. The van der Waals surface area contributed by atoms with Crippen LogP contribution < -0.4 is 10.5 Å². The molecule has 1 atom stereocenters. The van der Waals surface area contributed by atoms with Gasteiger partial charge in [0, 0.05) is 12.1 Å². The van der Waals surface area contributed by atoms with Crippen LogP contribution in [0.5, 0.6) is 5.75 Å². The standard InChI is InChI=1S/C22H22F3N5O2.ClH/c1-13-11-15(19-28-20(32-29-19)17-3-2-10-30(17)21(26)27)6-9-18(13)31-12-14-4-7-16(8-5-14)22(23,24)25;/h4-9,11,17H,2-3,10,12H2,1H3,(H3,26,27);1H/t17-;/m0./s1. The SMILES string of the molecule is Cc1cc(-c2noc([C@@H]3CCCN3C(=N)N)n2)ccc1OCc1ccc(C(F)(F)F)cc1.Cl. The van der Waals surface area contributed by atoms with E-state index in [-0.39, 0.29) is 31.0 Å². The number of nitrogens with zero attached hydrogens (tertiary/aromatic N) is 3. The van der Waals surface area contributed by atoms with Crippen molar-refractivity contribution in [2.75, 3.05) is 6.54 Å². The van der Waals surface area contributed by atoms with Gasteiger partial charge in [-0.2, -0.15) is 18.2 Å². The zero-order chi connectivity index (χ0) is 22.9. The fraction of sp³-hybridized carbons (Fsp3) is 0.318. The van der Waals surface area contributed by atoms with Crippen LogP contribution in [0.2, 0.25) is 0 Å². The van der Waals surface area contributed by atoms with Crippen LogP contribution in [0.4, 0.5) is 13.2 Å². The average molecular weight is 482 g/mol. The number of hydrogen-bond donors (Lipinski definition) is 2. The highest BCUT2D eigenvalue weighted by Crippen LogP contribution is 2.33. The highest BCUT2D eigenvalue weighted by molar-refractivity contribution is 5.85. The molecule has 4 rings (SSSR count). The molecule has 1 saturated heterocycles. The van der Waals surface area contributed by atoms with Crippen molar-refractivity contribution in [3.05, 3.63) is 65.0 Å². The van der Waals surface area contributed by atoms with E-state index in [1.54, 1.807) is 17.0 Å². The number of guanidine groups is 1. The summed E-state index contributed by atoms with van der Waals surface area (Å²) in [6.07, 6.45) is -2.67. The molecule has 1 fully saturated rings. The minimum absolute atomic E-state index is 0. The summed E-state index contributed by atoms with van der Waals surface area (Å²) >= 11 is 0. The summed E-state index contributed by atoms with van der Waals surface area (Å²) in [7, 11) is 0. The third-order valence-corrected chi connectivity index (χ3v) is 5.40.